The van der Waals surface area contributed by atoms with Gasteiger partial charge < -0.3 is 4.90 Å². The van der Waals surface area contributed by atoms with Crippen LogP contribution in [0.2, 0.25) is 0 Å². The number of piperazine rings is 1. The molecule has 2 aromatic rings. The standard InChI is InChI=1S/C15H19BrN4/c1-13-3-2-4-15(9-13)19-7-5-18(6-8-19)12-20-11-14(16)10-17-20/h2-4,9-11H,5-8,12H2,1H3. The van der Waals surface area contributed by atoms with Crippen molar-refractivity contribution in [3.63, 3.8) is 0 Å². The van der Waals surface area contributed by atoms with Crippen molar-refractivity contribution in [2.75, 3.05) is 31.1 Å². The number of rotatable bonds is 3. The average molecular weight is 335 g/mol. The molecular formula is C15H19BrN4. The van der Waals surface area contributed by atoms with Crippen molar-refractivity contribution in [2.45, 2.75) is 13.6 Å². The summed E-state index contributed by atoms with van der Waals surface area (Å²) in [4.78, 5) is 4.90. The Morgan fingerprint density at radius 1 is 1.20 bits per heavy atom. The van der Waals surface area contributed by atoms with Crippen LogP contribution in [0, 0.1) is 6.92 Å². The summed E-state index contributed by atoms with van der Waals surface area (Å²) in [5.41, 5.74) is 2.66. The van der Waals surface area contributed by atoms with Crippen LogP contribution in [0.4, 0.5) is 5.69 Å². The maximum Gasteiger partial charge on any atom is 0.0930 e. The van der Waals surface area contributed by atoms with Gasteiger partial charge in [-0.25, -0.2) is 0 Å². The number of hydrogen-bond donors (Lipinski definition) is 0. The summed E-state index contributed by atoms with van der Waals surface area (Å²) in [6.07, 6.45) is 3.86. The van der Waals surface area contributed by atoms with Crippen LogP contribution in [0.25, 0.3) is 0 Å². The Morgan fingerprint density at radius 2 is 2.00 bits per heavy atom. The monoisotopic (exact) mass is 334 g/mol. The molecule has 0 unspecified atom stereocenters. The molecule has 1 saturated heterocycles. The van der Waals surface area contributed by atoms with Crippen molar-refractivity contribution in [3.8, 4) is 0 Å². The van der Waals surface area contributed by atoms with Gasteiger partial charge in [0.1, 0.15) is 0 Å². The van der Waals surface area contributed by atoms with Crippen molar-refractivity contribution >= 4 is 21.6 Å². The van der Waals surface area contributed by atoms with E-state index in [9.17, 15) is 0 Å². The summed E-state index contributed by atoms with van der Waals surface area (Å²) in [7, 11) is 0. The fourth-order valence-corrected chi connectivity index (χ4v) is 2.92. The highest BCUT2D eigenvalue weighted by molar-refractivity contribution is 9.10. The van der Waals surface area contributed by atoms with Crippen LogP contribution >= 0.6 is 15.9 Å². The molecule has 0 radical (unpaired) electrons. The van der Waals surface area contributed by atoms with Gasteiger partial charge in [0.25, 0.3) is 0 Å². The normalized spacial score (nSPS) is 16.6. The molecule has 4 nitrogen and oxygen atoms in total. The predicted molar refractivity (Wildman–Crippen MR) is 84.9 cm³/mol. The molecule has 5 heteroatoms. The van der Waals surface area contributed by atoms with E-state index >= 15 is 0 Å². The quantitative estimate of drug-likeness (QED) is 0.862. The third kappa shape index (κ3) is 3.22. The van der Waals surface area contributed by atoms with Gasteiger partial charge in [-0.05, 0) is 40.5 Å². The van der Waals surface area contributed by atoms with E-state index in [1.54, 1.807) is 0 Å². The van der Waals surface area contributed by atoms with Crippen molar-refractivity contribution in [2.24, 2.45) is 0 Å². The van der Waals surface area contributed by atoms with Crippen LogP contribution in [0.3, 0.4) is 0 Å². The zero-order valence-corrected chi connectivity index (χ0v) is 13.3. The summed E-state index contributed by atoms with van der Waals surface area (Å²) in [5.74, 6) is 0. The number of benzene rings is 1. The van der Waals surface area contributed by atoms with Crippen LogP contribution in [-0.4, -0.2) is 40.9 Å². The molecule has 1 aromatic heterocycles. The molecule has 0 atom stereocenters. The van der Waals surface area contributed by atoms with E-state index in [0.717, 1.165) is 37.3 Å². The summed E-state index contributed by atoms with van der Waals surface area (Å²) >= 11 is 3.43. The van der Waals surface area contributed by atoms with Crippen molar-refractivity contribution in [3.05, 3.63) is 46.7 Å². The fraction of sp³-hybridized carbons (Fsp3) is 0.400. The van der Waals surface area contributed by atoms with Gasteiger partial charge >= 0.3 is 0 Å². The van der Waals surface area contributed by atoms with Gasteiger partial charge in [-0.15, -0.1) is 0 Å². The maximum atomic E-state index is 4.31. The van der Waals surface area contributed by atoms with Crippen molar-refractivity contribution in [1.29, 1.82) is 0 Å². The Morgan fingerprint density at radius 3 is 2.65 bits per heavy atom. The molecule has 0 amide bonds. The lowest BCUT2D eigenvalue weighted by Crippen LogP contribution is -2.46. The number of halogens is 1. The second-order valence-electron chi connectivity index (χ2n) is 5.28. The highest BCUT2D eigenvalue weighted by atomic mass is 79.9. The van der Waals surface area contributed by atoms with Crippen LogP contribution in [0.1, 0.15) is 5.56 Å². The largest absolute Gasteiger partial charge is 0.369 e. The number of nitrogens with zero attached hydrogens (tertiary/aromatic N) is 4. The minimum atomic E-state index is 0.868. The van der Waals surface area contributed by atoms with E-state index in [0.29, 0.717) is 0 Å². The first kappa shape index (κ1) is 13.6. The molecular weight excluding hydrogens is 316 g/mol. The zero-order chi connectivity index (χ0) is 13.9. The molecule has 1 aliphatic rings. The number of hydrogen-bond acceptors (Lipinski definition) is 3. The van der Waals surface area contributed by atoms with Gasteiger partial charge in [0.15, 0.2) is 0 Å². The van der Waals surface area contributed by atoms with E-state index in [4.69, 9.17) is 0 Å². The minimum Gasteiger partial charge on any atom is -0.369 e. The lowest BCUT2D eigenvalue weighted by Gasteiger charge is -2.36. The molecule has 1 aliphatic heterocycles. The first-order valence-corrected chi connectivity index (χ1v) is 7.72. The Bertz CT molecular complexity index is 573. The van der Waals surface area contributed by atoms with Crippen LogP contribution in [0.5, 0.6) is 0 Å². The first-order chi connectivity index (χ1) is 9.70. The second-order valence-corrected chi connectivity index (χ2v) is 6.20. The topological polar surface area (TPSA) is 24.3 Å². The van der Waals surface area contributed by atoms with Gasteiger partial charge in [-0.3, -0.25) is 9.58 Å². The molecule has 20 heavy (non-hydrogen) atoms. The molecule has 0 N–H and O–H groups in total. The number of anilines is 1. The Kier molecular flexibility index (Phi) is 4.08. The van der Waals surface area contributed by atoms with E-state index in [2.05, 4.69) is 62.0 Å². The van der Waals surface area contributed by atoms with Gasteiger partial charge in [-0.2, -0.15) is 5.10 Å². The second kappa shape index (κ2) is 5.97. The summed E-state index contributed by atoms with van der Waals surface area (Å²) in [5, 5.41) is 4.31. The lowest BCUT2D eigenvalue weighted by molar-refractivity contribution is 0.196. The van der Waals surface area contributed by atoms with E-state index in [1.165, 1.54) is 11.3 Å². The Labute approximate surface area is 128 Å². The Balaban J connectivity index is 1.57. The molecule has 106 valence electrons. The molecule has 0 spiro atoms. The van der Waals surface area contributed by atoms with E-state index < -0.39 is 0 Å². The highest BCUT2D eigenvalue weighted by Crippen LogP contribution is 2.18. The first-order valence-electron chi connectivity index (χ1n) is 6.93. The van der Waals surface area contributed by atoms with Crippen LogP contribution in [0.15, 0.2) is 41.1 Å². The molecule has 0 saturated carbocycles. The summed E-state index contributed by atoms with van der Waals surface area (Å²) in [6, 6.07) is 8.75. The third-order valence-corrected chi connectivity index (χ3v) is 4.10. The van der Waals surface area contributed by atoms with E-state index in [-0.39, 0.29) is 0 Å². The minimum absolute atomic E-state index is 0.868. The summed E-state index contributed by atoms with van der Waals surface area (Å²) < 4.78 is 3.02. The molecule has 0 aliphatic carbocycles. The smallest absolute Gasteiger partial charge is 0.0930 e. The molecule has 2 heterocycles. The van der Waals surface area contributed by atoms with Crippen molar-refractivity contribution in [1.82, 2.24) is 14.7 Å². The fourth-order valence-electron chi connectivity index (χ4n) is 2.59. The predicted octanol–water partition coefficient (Wildman–Crippen LogP) is 2.73. The van der Waals surface area contributed by atoms with E-state index in [1.807, 2.05) is 17.1 Å². The highest BCUT2D eigenvalue weighted by Gasteiger charge is 2.17. The molecule has 1 aromatic carbocycles. The Hall–Kier alpha value is -1.33. The molecule has 3 rings (SSSR count). The van der Waals surface area contributed by atoms with Gasteiger partial charge in [0, 0.05) is 38.1 Å². The third-order valence-electron chi connectivity index (χ3n) is 3.69. The number of aryl methyl sites for hydroxylation is 1. The van der Waals surface area contributed by atoms with Crippen LogP contribution in [-0.2, 0) is 6.67 Å². The molecule has 1 fully saturated rings. The van der Waals surface area contributed by atoms with Crippen molar-refractivity contribution < 1.29 is 0 Å². The average Bonchev–Trinajstić information content (AvgIpc) is 2.85. The summed E-state index contributed by atoms with van der Waals surface area (Å²) in [6.45, 7) is 7.32. The zero-order valence-electron chi connectivity index (χ0n) is 11.7. The maximum absolute atomic E-state index is 4.31. The SMILES string of the molecule is Cc1cccc(N2CCN(Cn3cc(Br)cn3)CC2)c1. The van der Waals surface area contributed by atoms with Gasteiger partial charge in [0.05, 0.1) is 17.3 Å². The van der Waals surface area contributed by atoms with Gasteiger partial charge in [-0.1, -0.05) is 12.1 Å². The van der Waals surface area contributed by atoms with Gasteiger partial charge in [0.2, 0.25) is 0 Å². The number of aromatic nitrogens is 2. The molecule has 0 bridgehead atoms. The lowest BCUT2D eigenvalue weighted by atomic mass is 10.2. The van der Waals surface area contributed by atoms with Crippen LogP contribution < -0.4 is 4.90 Å².